The van der Waals surface area contributed by atoms with Crippen molar-refractivity contribution < 1.29 is 28.5 Å². The summed E-state index contributed by atoms with van der Waals surface area (Å²) in [6.07, 6.45) is 0. The molecule has 0 spiro atoms. The third kappa shape index (κ3) is 3.65. The Bertz CT molecular complexity index is 1440. The molecule has 0 radical (unpaired) electrons. The Morgan fingerprint density at radius 2 is 1.56 bits per heavy atom. The Hall–Kier alpha value is -4.36. The molecule has 6 nitrogen and oxygen atoms in total. The number of rotatable bonds is 6. The number of fused-ring (bicyclic) bond motifs is 2. The summed E-state index contributed by atoms with van der Waals surface area (Å²) in [5.74, 6) is 0.331. The Morgan fingerprint density at radius 3 is 2.33 bits per heavy atom. The molecule has 0 saturated carbocycles. The van der Waals surface area contributed by atoms with Crippen LogP contribution in [0.1, 0.15) is 22.3 Å². The van der Waals surface area contributed by atoms with Crippen LogP contribution >= 0.6 is 0 Å². The van der Waals surface area contributed by atoms with Gasteiger partial charge < -0.3 is 24.2 Å². The molecule has 4 aromatic rings. The first kappa shape index (κ1) is 22.1. The summed E-state index contributed by atoms with van der Waals surface area (Å²) < 4.78 is 30.7. The fourth-order valence-corrected chi connectivity index (χ4v) is 4.69. The van der Waals surface area contributed by atoms with Crippen molar-refractivity contribution in [1.82, 2.24) is 0 Å². The number of ether oxygens (including phenoxy) is 3. The van der Waals surface area contributed by atoms with Crippen LogP contribution in [0.5, 0.6) is 17.2 Å². The van der Waals surface area contributed by atoms with Crippen LogP contribution in [0.25, 0.3) is 0 Å². The maximum atomic E-state index is 14.0. The van der Waals surface area contributed by atoms with Crippen LogP contribution in [0, 0.1) is 5.82 Å². The highest BCUT2D eigenvalue weighted by atomic mass is 19.1. The van der Waals surface area contributed by atoms with E-state index in [9.17, 15) is 14.3 Å². The zero-order valence-corrected chi connectivity index (χ0v) is 19.2. The van der Waals surface area contributed by atoms with Gasteiger partial charge in [0.15, 0.2) is 11.5 Å². The number of para-hydroxylation sites is 1. The molecule has 0 fully saturated rings. The Morgan fingerprint density at radius 1 is 0.861 bits per heavy atom. The average Bonchev–Trinajstić information content (AvgIpc) is 3.46. The average molecular weight is 483 g/mol. The number of nitrogens with zero attached hydrogens (tertiary/aromatic N) is 1. The van der Waals surface area contributed by atoms with Crippen LogP contribution in [0.15, 0.2) is 91.0 Å². The van der Waals surface area contributed by atoms with Crippen molar-refractivity contribution in [2.75, 3.05) is 11.7 Å². The van der Waals surface area contributed by atoms with Gasteiger partial charge in [-0.1, -0.05) is 60.7 Å². The number of carbonyl (C=O) groups excluding carboxylic acids is 1. The molecule has 2 aliphatic heterocycles. The van der Waals surface area contributed by atoms with E-state index < -0.39 is 11.5 Å². The van der Waals surface area contributed by atoms with E-state index in [4.69, 9.17) is 14.2 Å². The van der Waals surface area contributed by atoms with Crippen molar-refractivity contribution in [3.8, 4) is 17.2 Å². The summed E-state index contributed by atoms with van der Waals surface area (Å²) in [6.45, 7) is 0.443. The second-order valence-electron chi connectivity index (χ2n) is 8.72. The Balaban J connectivity index is 1.44. The van der Waals surface area contributed by atoms with E-state index in [2.05, 4.69) is 0 Å². The fraction of sp³-hybridized carbons (Fsp3) is 0.138. The van der Waals surface area contributed by atoms with Gasteiger partial charge >= 0.3 is 0 Å². The van der Waals surface area contributed by atoms with Crippen LogP contribution in [0.3, 0.4) is 0 Å². The number of anilines is 1. The van der Waals surface area contributed by atoms with Crippen LogP contribution < -0.4 is 19.1 Å². The normalized spacial score (nSPS) is 17.8. The third-order valence-corrected chi connectivity index (χ3v) is 6.49. The molecule has 36 heavy (non-hydrogen) atoms. The summed E-state index contributed by atoms with van der Waals surface area (Å²) in [6, 6.07) is 25.9. The van der Waals surface area contributed by atoms with E-state index in [0.29, 0.717) is 28.5 Å². The van der Waals surface area contributed by atoms with E-state index in [1.54, 1.807) is 42.5 Å². The number of hydrogen-bond donors (Lipinski definition) is 1. The standard InChI is InChI=1S/C29H22FNO5/c30-21-12-10-19(11-13-21)16-31-24-9-5-4-8-22(24)29(33,28(31)32)23-14-26-27(36-18-35-26)15-25(23)34-17-20-6-2-1-3-7-20/h1-15,33H,16-18H2. The van der Waals surface area contributed by atoms with E-state index in [0.717, 1.165) is 11.1 Å². The lowest BCUT2D eigenvalue weighted by molar-refractivity contribution is -0.132. The largest absolute Gasteiger partial charge is 0.488 e. The Labute approximate surface area is 207 Å². The summed E-state index contributed by atoms with van der Waals surface area (Å²) in [7, 11) is 0. The van der Waals surface area contributed by atoms with Crippen LogP contribution in [-0.4, -0.2) is 17.8 Å². The van der Waals surface area contributed by atoms with Crippen molar-refractivity contribution in [2.45, 2.75) is 18.8 Å². The highest BCUT2D eigenvalue weighted by molar-refractivity contribution is 6.09. The van der Waals surface area contributed by atoms with Crippen LogP contribution in [0.4, 0.5) is 10.1 Å². The molecule has 7 heteroatoms. The predicted octanol–water partition coefficient (Wildman–Crippen LogP) is 4.92. The summed E-state index contributed by atoms with van der Waals surface area (Å²) in [5, 5.41) is 12.2. The highest BCUT2D eigenvalue weighted by Gasteiger charge is 2.53. The van der Waals surface area contributed by atoms with Gasteiger partial charge in [0.05, 0.1) is 12.2 Å². The molecule has 0 aromatic heterocycles. The van der Waals surface area contributed by atoms with Gasteiger partial charge in [0.1, 0.15) is 18.2 Å². The lowest BCUT2D eigenvalue weighted by atomic mass is 9.86. The topological polar surface area (TPSA) is 68.2 Å². The number of amides is 1. The molecular weight excluding hydrogens is 461 g/mol. The SMILES string of the molecule is O=C1N(Cc2ccc(F)cc2)c2ccccc2C1(O)c1cc2c(cc1OCc1ccccc1)OCO2. The Kier molecular flexibility index (Phi) is 5.34. The van der Waals surface area contributed by atoms with E-state index >= 15 is 0 Å². The van der Waals surface area contributed by atoms with E-state index in [1.165, 1.54) is 17.0 Å². The van der Waals surface area contributed by atoms with Crippen molar-refractivity contribution in [2.24, 2.45) is 0 Å². The van der Waals surface area contributed by atoms with Gasteiger partial charge in [-0.3, -0.25) is 4.79 Å². The summed E-state index contributed by atoms with van der Waals surface area (Å²) >= 11 is 0. The van der Waals surface area contributed by atoms with Gasteiger partial charge in [-0.25, -0.2) is 4.39 Å². The molecule has 2 aliphatic rings. The molecule has 1 atom stereocenters. The van der Waals surface area contributed by atoms with Crippen molar-refractivity contribution >= 4 is 11.6 Å². The maximum Gasteiger partial charge on any atom is 0.268 e. The second kappa shape index (κ2) is 8.70. The zero-order valence-electron chi connectivity index (χ0n) is 19.2. The molecule has 1 N–H and O–H groups in total. The van der Waals surface area contributed by atoms with Gasteiger partial charge in [0.25, 0.3) is 5.91 Å². The molecule has 0 aliphatic carbocycles. The molecule has 0 bridgehead atoms. The maximum absolute atomic E-state index is 14.0. The third-order valence-electron chi connectivity index (χ3n) is 6.49. The van der Waals surface area contributed by atoms with Crippen molar-refractivity contribution in [1.29, 1.82) is 0 Å². The van der Waals surface area contributed by atoms with Crippen LogP contribution in [-0.2, 0) is 23.5 Å². The van der Waals surface area contributed by atoms with Crippen molar-refractivity contribution in [3.63, 3.8) is 0 Å². The predicted molar refractivity (Wildman–Crippen MR) is 130 cm³/mol. The monoisotopic (exact) mass is 483 g/mol. The van der Waals surface area contributed by atoms with Crippen molar-refractivity contribution in [3.05, 3.63) is 119 Å². The smallest absolute Gasteiger partial charge is 0.268 e. The number of benzene rings is 4. The quantitative estimate of drug-likeness (QED) is 0.422. The lowest BCUT2D eigenvalue weighted by Gasteiger charge is -2.26. The number of aliphatic hydroxyl groups is 1. The number of hydrogen-bond acceptors (Lipinski definition) is 5. The summed E-state index contributed by atoms with van der Waals surface area (Å²) in [4.78, 5) is 15.5. The molecule has 4 aromatic carbocycles. The molecular formula is C29H22FNO5. The van der Waals surface area contributed by atoms with Gasteiger partial charge in [-0.05, 0) is 35.4 Å². The number of carbonyl (C=O) groups is 1. The first-order chi connectivity index (χ1) is 17.5. The lowest BCUT2D eigenvalue weighted by Crippen LogP contribution is -2.41. The molecule has 0 saturated heterocycles. The highest BCUT2D eigenvalue weighted by Crippen LogP contribution is 2.50. The minimum atomic E-state index is -2.02. The molecule has 2 heterocycles. The van der Waals surface area contributed by atoms with Gasteiger partial charge in [-0.15, -0.1) is 0 Å². The van der Waals surface area contributed by atoms with Gasteiger partial charge in [0.2, 0.25) is 12.4 Å². The first-order valence-electron chi connectivity index (χ1n) is 11.5. The molecule has 180 valence electrons. The fourth-order valence-electron chi connectivity index (χ4n) is 4.69. The number of halogens is 1. The summed E-state index contributed by atoms with van der Waals surface area (Å²) in [5.41, 5.74) is 0.909. The van der Waals surface area contributed by atoms with Gasteiger partial charge in [-0.2, -0.15) is 0 Å². The van der Waals surface area contributed by atoms with E-state index in [-0.39, 0.29) is 31.3 Å². The molecule has 1 amide bonds. The minimum absolute atomic E-state index is 0.0383. The molecule has 6 rings (SSSR count). The van der Waals surface area contributed by atoms with Crippen LogP contribution in [0.2, 0.25) is 0 Å². The first-order valence-corrected chi connectivity index (χ1v) is 11.5. The molecule has 1 unspecified atom stereocenters. The van der Waals surface area contributed by atoms with E-state index in [1.807, 2.05) is 36.4 Å². The minimum Gasteiger partial charge on any atom is -0.488 e. The van der Waals surface area contributed by atoms with Gasteiger partial charge in [0, 0.05) is 17.2 Å². The zero-order chi connectivity index (χ0) is 24.7. The second-order valence-corrected chi connectivity index (χ2v) is 8.72.